The van der Waals surface area contributed by atoms with E-state index in [-0.39, 0.29) is 0 Å². The standard InChI is InChI=1S/C13H16N2/c1-10-9-15-13(7-4-8-14)12-6-3-2-5-11(10)12/h2-3,5-6,9H,4,7-8,14H2,1H3. The highest BCUT2D eigenvalue weighted by molar-refractivity contribution is 5.87. The van der Waals surface area contributed by atoms with Crippen LogP contribution in [-0.2, 0) is 6.42 Å². The number of nitrogens with two attached hydrogens (primary N) is 1. The number of rotatable bonds is 3. The maximum atomic E-state index is 5.52. The van der Waals surface area contributed by atoms with E-state index < -0.39 is 0 Å². The van der Waals surface area contributed by atoms with Crippen molar-refractivity contribution in [3.63, 3.8) is 0 Å². The Labute approximate surface area is 90.1 Å². The van der Waals surface area contributed by atoms with Gasteiger partial charge in [0.05, 0.1) is 0 Å². The summed E-state index contributed by atoms with van der Waals surface area (Å²) in [5, 5.41) is 2.57. The summed E-state index contributed by atoms with van der Waals surface area (Å²) in [6.07, 6.45) is 3.92. The van der Waals surface area contributed by atoms with Crippen molar-refractivity contribution in [2.24, 2.45) is 5.73 Å². The molecule has 0 saturated carbocycles. The normalized spacial score (nSPS) is 10.8. The van der Waals surface area contributed by atoms with Crippen molar-refractivity contribution in [1.82, 2.24) is 4.98 Å². The quantitative estimate of drug-likeness (QED) is 0.826. The Morgan fingerprint density at radius 3 is 2.67 bits per heavy atom. The van der Waals surface area contributed by atoms with Crippen molar-refractivity contribution in [1.29, 1.82) is 0 Å². The molecule has 0 aliphatic heterocycles. The number of fused-ring (bicyclic) bond motifs is 1. The third kappa shape index (κ3) is 2.00. The zero-order valence-electron chi connectivity index (χ0n) is 9.03. The van der Waals surface area contributed by atoms with Gasteiger partial charge in [0.1, 0.15) is 0 Å². The fourth-order valence-corrected chi connectivity index (χ4v) is 1.86. The highest BCUT2D eigenvalue weighted by Crippen LogP contribution is 2.20. The molecule has 1 aromatic heterocycles. The van der Waals surface area contributed by atoms with Gasteiger partial charge in [-0.05, 0) is 37.3 Å². The Kier molecular flexibility index (Phi) is 2.97. The van der Waals surface area contributed by atoms with Gasteiger partial charge in [0, 0.05) is 17.3 Å². The van der Waals surface area contributed by atoms with Crippen molar-refractivity contribution in [3.8, 4) is 0 Å². The first-order valence-electron chi connectivity index (χ1n) is 5.36. The van der Waals surface area contributed by atoms with Crippen LogP contribution in [0, 0.1) is 6.92 Å². The number of hydrogen-bond donors (Lipinski definition) is 1. The van der Waals surface area contributed by atoms with E-state index in [1.165, 1.54) is 22.0 Å². The topological polar surface area (TPSA) is 38.9 Å². The lowest BCUT2D eigenvalue weighted by Crippen LogP contribution is -2.02. The largest absolute Gasteiger partial charge is 0.330 e. The molecule has 2 heteroatoms. The van der Waals surface area contributed by atoms with E-state index in [4.69, 9.17) is 5.73 Å². The molecule has 0 atom stereocenters. The van der Waals surface area contributed by atoms with Gasteiger partial charge in [-0.1, -0.05) is 24.3 Å². The van der Waals surface area contributed by atoms with E-state index in [0.29, 0.717) is 0 Å². The number of aromatic nitrogens is 1. The van der Waals surface area contributed by atoms with Crippen LogP contribution in [0.3, 0.4) is 0 Å². The van der Waals surface area contributed by atoms with Crippen molar-refractivity contribution in [3.05, 3.63) is 41.7 Å². The zero-order valence-corrected chi connectivity index (χ0v) is 9.03. The van der Waals surface area contributed by atoms with Crippen LogP contribution >= 0.6 is 0 Å². The second-order valence-electron chi connectivity index (χ2n) is 3.83. The number of nitrogens with zero attached hydrogens (tertiary/aromatic N) is 1. The molecule has 2 rings (SSSR count). The molecule has 0 amide bonds. The lowest BCUT2D eigenvalue weighted by Gasteiger charge is -2.07. The molecule has 78 valence electrons. The minimum atomic E-state index is 0.726. The second kappa shape index (κ2) is 4.41. The zero-order chi connectivity index (χ0) is 10.7. The van der Waals surface area contributed by atoms with Crippen LogP contribution in [0.1, 0.15) is 17.7 Å². The molecule has 0 spiro atoms. The van der Waals surface area contributed by atoms with Gasteiger partial charge in [-0.2, -0.15) is 0 Å². The highest BCUT2D eigenvalue weighted by atomic mass is 14.7. The monoisotopic (exact) mass is 200 g/mol. The predicted molar refractivity (Wildman–Crippen MR) is 63.9 cm³/mol. The Morgan fingerprint density at radius 1 is 1.20 bits per heavy atom. The third-order valence-electron chi connectivity index (χ3n) is 2.69. The van der Waals surface area contributed by atoms with Crippen LogP contribution < -0.4 is 5.73 Å². The van der Waals surface area contributed by atoms with Gasteiger partial charge in [-0.15, -0.1) is 0 Å². The molecule has 0 fully saturated rings. The van der Waals surface area contributed by atoms with Crippen LogP contribution in [0.5, 0.6) is 0 Å². The molecule has 2 aromatic rings. The molecule has 2 nitrogen and oxygen atoms in total. The predicted octanol–water partition coefficient (Wildman–Crippen LogP) is 2.43. The van der Waals surface area contributed by atoms with E-state index >= 15 is 0 Å². The first kappa shape index (κ1) is 10.1. The Hall–Kier alpha value is -1.41. The minimum absolute atomic E-state index is 0.726. The van der Waals surface area contributed by atoms with E-state index in [0.717, 1.165) is 19.4 Å². The average Bonchev–Trinajstić information content (AvgIpc) is 2.29. The summed E-state index contributed by atoms with van der Waals surface area (Å²) in [6, 6.07) is 8.43. The van der Waals surface area contributed by atoms with Crippen LogP contribution in [0.2, 0.25) is 0 Å². The Morgan fingerprint density at radius 2 is 1.93 bits per heavy atom. The van der Waals surface area contributed by atoms with Gasteiger partial charge in [0.2, 0.25) is 0 Å². The SMILES string of the molecule is Cc1cnc(CCCN)c2ccccc12. The number of hydrogen-bond acceptors (Lipinski definition) is 2. The molecule has 0 radical (unpaired) electrons. The smallest absolute Gasteiger partial charge is 0.0482 e. The van der Waals surface area contributed by atoms with Gasteiger partial charge < -0.3 is 5.73 Å². The summed E-state index contributed by atoms with van der Waals surface area (Å²) in [5.41, 5.74) is 7.93. The van der Waals surface area contributed by atoms with Gasteiger partial charge >= 0.3 is 0 Å². The summed E-state index contributed by atoms with van der Waals surface area (Å²) in [6.45, 7) is 2.83. The third-order valence-corrected chi connectivity index (χ3v) is 2.69. The lowest BCUT2D eigenvalue weighted by molar-refractivity contribution is 0.816. The van der Waals surface area contributed by atoms with Crippen molar-refractivity contribution in [2.75, 3.05) is 6.54 Å². The summed E-state index contributed by atoms with van der Waals surface area (Å²) < 4.78 is 0. The van der Waals surface area contributed by atoms with Gasteiger partial charge in [0.25, 0.3) is 0 Å². The molecular weight excluding hydrogens is 184 g/mol. The molecule has 1 aromatic carbocycles. The lowest BCUT2D eigenvalue weighted by atomic mass is 10.0. The average molecular weight is 200 g/mol. The fraction of sp³-hybridized carbons (Fsp3) is 0.308. The van der Waals surface area contributed by atoms with E-state index in [1.807, 2.05) is 6.20 Å². The first-order chi connectivity index (χ1) is 7.33. The maximum Gasteiger partial charge on any atom is 0.0482 e. The molecule has 0 aliphatic rings. The molecule has 0 saturated heterocycles. The number of aryl methyl sites for hydroxylation is 2. The van der Waals surface area contributed by atoms with E-state index in [2.05, 4.69) is 36.2 Å². The second-order valence-corrected chi connectivity index (χ2v) is 3.83. The molecule has 2 N–H and O–H groups in total. The maximum absolute atomic E-state index is 5.52. The first-order valence-corrected chi connectivity index (χ1v) is 5.36. The Bertz CT molecular complexity index is 463. The van der Waals surface area contributed by atoms with Gasteiger partial charge in [-0.25, -0.2) is 0 Å². The molecule has 0 unspecified atom stereocenters. The molecule has 0 bridgehead atoms. The summed E-state index contributed by atoms with van der Waals surface area (Å²) in [5.74, 6) is 0. The van der Waals surface area contributed by atoms with Crippen LogP contribution in [0.25, 0.3) is 10.8 Å². The molecule has 1 heterocycles. The Balaban J connectivity index is 2.51. The van der Waals surface area contributed by atoms with Crippen molar-refractivity contribution in [2.45, 2.75) is 19.8 Å². The van der Waals surface area contributed by atoms with E-state index in [1.54, 1.807) is 0 Å². The van der Waals surface area contributed by atoms with Crippen LogP contribution in [0.15, 0.2) is 30.5 Å². The van der Waals surface area contributed by atoms with E-state index in [9.17, 15) is 0 Å². The summed E-state index contributed by atoms with van der Waals surface area (Å²) in [7, 11) is 0. The van der Waals surface area contributed by atoms with Crippen LogP contribution in [-0.4, -0.2) is 11.5 Å². The molecular formula is C13H16N2. The summed E-state index contributed by atoms with van der Waals surface area (Å²) in [4.78, 5) is 4.49. The fourth-order valence-electron chi connectivity index (χ4n) is 1.86. The van der Waals surface area contributed by atoms with Crippen molar-refractivity contribution >= 4 is 10.8 Å². The minimum Gasteiger partial charge on any atom is -0.330 e. The van der Waals surface area contributed by atoms with Gasteiger partial charge in [0.15, 0.2) is 0 Å². The van der Waals surface area contributed by atoms with Crippen LogP contribution in [0.4, 0.5) is 0 Å². The number of benzene rings is 1. The van der Waals surface area contributed by atoms with Crippen molar-refractivity contribution < 1.29 is 0 Å². The van der Waals surface area contributed by atoms with Gasteiger partial charge in [-0.3, -0.25) is 4.98 Å². The molecule has 0 aliphatic carbocycles. The highest BCUT2D eigenvalue weighted by Gasteiger charge is 2.03. The molecule has 15 heavy (non-hydrogen) atoms. The number of pyridine rings is 1. The summed E-state index contributed by atoms with van der Waals surface area (Å²) >= 11 is 0.